The number of hydrogen-bond acceptors (Lipinski definition) is 1. The van der Waals surface area contributed by atoms with Crippen LogP contribution in [0.25, 0.3) is 10.9 Å². The summed E-state index contributed by atoms with van der Waals surface area (Å²) in [7, 11) is 2.01. The zero-order valence-corrected chi connectivity index (χ0v) is 12.8. The molecule has 112 valence electrons. The Morgan fingerprint density at radius 1 is 1.14 bits per heavy atom. The lowest BCUT2D eigenvalue weighted by Crippen LogP contribution is -2.13. The summed E-state index contributed by atoms with van der Waals surface area (Å²) in [6.45, 7) is 2.09. The highest BCUT2D eigenvalue weighted by atomic mass is 19.1. The number of aromatic nitrogens is 1. The van der Waals surface area contributed by atoms with E-state index in [4.69, 9.17) is 0 Å². The van der Waals surface area contributed by atoms with Crippen LogP contribution in [0.2, 0.25) is 0 Å². The van der Waals surface area contributed by atoms with Crippen molar-refractivity contribution in [2.24, 2.45) is 0 Å². The van der Waals surface area contributed by atoms with E-state index in [1.807, 2.05) is 13.1 Å². The van der Waals surface area contributed by atoms with Crippen molar-refractivity contribution in [3.05, 3.63) is 70.7 Å². The van der Waals surface area contributed by atoms with E-state index in [0.29, 0.717) is 12.0 Å². The molecule has 0 spiro atoms. The van der Waals surface area contributed by atoms with Crippen molar-refractivity contribution in [3.8, 4) is 0 Å². The van der Waals surface area contributed by atoms with E-state index >= 15 is 0 Å². The number of hydrogen-bond donors (Lipinski definition) is 2. The molecule has 0 unspecified atom stereocenters. The van der Waals surface area contributed by atoms with Crippen molar-refractivity contribution < 1.29 is 4.39 Å². The molecule has 3 heteroatoms. The van der Waals surface area contributed by atoms with E-state index < -0.39 is 0 Å². The molecule has 1 aliphatic carbocycles. The van der Waals surface area contributed by atoms with Crippen LogP contribution in [0.15, 0.2) is 42.5 Å². The fraction of sp³-hybridized carbons (Fsp3) is 0.263. The van der Waals surface area contributed by atoms with Gasteiger partial charge in [-0.2, -0.15) is 0 Å². The summed E-state index contributed by atoms with van der Waals surface area (Å²) < 4.78 is 13.7. The zero-order chi connectivity index (χ0) is 15.3. The van der Waals surface area contributed by atoms with Gasteiger partial charge in [-0.05, 0) is 55.3 Å². The molecule has 3 aromatic rings. The second kappa shape index (κ2) is 4.96. The second-order valence-corrected chi connectivity index (χ2v) is 6.11. The molecular weight excluding hydrogens is 275 g/mol. The van der Waals surface area contributed by atoms with E-state index in [-0.39, 0.29) is 5.82 Å². The molecule has 0 radical (unpaired) electrons. The third-order valence-corrected chi connectivity index (χ3v) is 4.91. The SMILES string of the molecule is CN[C@@H]1C[C@H](c2c(C)[nH]c3ccc(F)cc23)c2ccccc21. The highest BCUT2D eigenvalue weighted by Gasteiger charge is 2.33. The molecule has 1 aromatic heterocycles. The standard InChI is InChI=1S/C19H19FN2/c1-11-19(16-9-12(20)7-8-17(16)22-11)15-10-18(21-2)14-6-4-3-5-13(14)15/h3-9,15,18,21-22H,10H2,1-2H3/t15-,18+/m0/s1. The number of benzene rings is 2. The molecule has 0 saturated carbocycles. The van der Waals surface area contributed by atoms with Gasteiger partial charge in [0.2, 0.25) is 0 Å². The van der Waals surface area contributed by atoms with Crippen LogP contribution in [-0.4, -0.2) is 12.0 Å². The van der Waals surface area contributed by atoms with Crippen LogP contribution in [-0.2, 0) is 0 Å². The van der Waals surface area contributed by atoms with Crippen LogP contribution in [0.1, 0.15) is 40.8 Å². The Labute approximate surface area is 129 Å². The average molecular weight is 294 g/mol. The minimum absolute atomic E-state index is 0.177. The fourth-order valence-corrected chi connectivity index (χ4v) is 3.95. The molecule has 0 fully saturated rings. The van der Waals surface area contributed by atoms with Gasteiger partial charge in [-0.3, -0.25) is 0 Å². The number of nitrogens with one attached hydrogen (secondary N) is 2. The Balaban J connectivity index is 1.93. The van der Waals surface area contributed by atoms with Crippen LogP contribution in [0.4, 0.5) is 4.39 Å². The lowest BCUT2D eigenvalue weighted by molar-refractivity contribution is 0.565. The molecule has 22 heavy (non-hydrogen) atoms. The van der Waals surface area contributed by atoms with Gasteiger partial charge in [0.1, 0.15) is 5.82 Å². The molecule has 2 nitrogen and oxygen atoms in total. The third-order valence-electron chi connectivity index (χ3n) is 4.91. The number of H-pyrrole nitrogens is 1. The van der Waals surface area contributed by atoms with Gasteiger partial charge in [-0.25, -0.2) is 4.39 Å². The predicted octanol–water partition coefficient (Wildman–Crippen LogP) is 4.41. The molecule has 1 aliphatic rings. The molecular formula is C19H19FN2. The van der Waals surface area contributed by atoms with E-state index in [0.717, 1.165) is 23.0 Å². The van der Waals surface area contributed by atoms with E-state index in [9.17, 15) is 4.39 Å². The first-order valence-electron chi connectivity index (χ1n) is 7.73. The quantitative estimate of drug-likeness (QED) is 0.720. The topological polar surface area (TPSA) is 27.8 Å². The number of rotatable bonds is 2. The summed E-state index contributed by atoms with van der Waals surface area (Å²) in [5.74, 6) is 0.133. The Morgan fingerprint density at radius 3 is 2.68 bits per heavy atom. The lowest BCUT2D eigenvalue weighted by atomic mass is 9.90. The maximum atomic E-state index is 13.7. The fourth-order valence-electron chi connectivity index (χ4n) is 3.95. The van der Waals surface area contributed by atoms with Crippen LogP contribution < -0.4 is 5.32 Å². The van der Waals surface area contributed by atoms with Crippen molar-refractivity contribution in [2.45, 2.75) is 25.3 Å². The molecule has 2 N–H and O–H groups in total. The van der Waals surface area contributed by atoms with Gasteiger partial charge in [-0.1, -0.05) is 24.3 Å². The molecule has 1 heterocycles. The van der Waals surface area contributed by atoms with Crippen LogP contribution in [0.3, 0.4) is 0 Å². The van der Waals surface area contributed by atoms with Crippen LogP contribution >= 0.6 is 0 Å². The first-order valence-corrected chi connectivity index (χ1v) is 7.73. The molecule has 4 rings (SSSR count). The van der Waals surface area contributed by atoms with Gasteiger partial charge >= 0.3 is 0 Å². The van der Waals surface area contributed by atoms with E-state index in [1.165, 1.54) is 22.8 Å². The summed E-state index contributed by atoms with van der Waals surface area (Å²) in [6, 6.07) is 13.9. The molecule has 2 atom stereocenters. The Bertz CT molecular complexity index is 850. The van der Waals surface area contributed by atoms with Crippen molar-refractivity contribution in [3.63, 3.8) is 0 Å². The summed E-state index contributed by atoms with van der Waals surface area (Å²) in [5, 5.41) is 4.42. The summed E-state index contributed by atoms with van der Waals surface area (Å²) in [6.07, 6.45) is 1.01. The maximum Gasteiger partial charge on any atom is 0.123 e. The van der Waals surface area contributed by atoms with E-state index in [1.54, 1.807) is 6.07 Å². The summed E-state index contributed by atoms with van der Waals surface area (Å²) in [4.78, 5) is 3.41. The molecule has 0 amide bonds. The van der Waals surface area contributed by atoms with Gasteiger partial charge in [-0.15, -0.1) is 0 Å². The predicted molar refractivity (Wildman–Crippen MR) is 87.7 cm³/mol. The number of aryl methyl sites for hydroxylation is 1. The zero-order valence-electron chi connectivity index (χ0n) is 12.8. The van der Waals surface area contributed by atoms with Crippen molar-refractivity contribution in [1.29, 1.82) is 0 Å². The van der Waals surface area contributed by atoms with Crippen molar-refractivity contribution in [2.75, 3.05) is 7.05 Å². The van der Waals surface area contributed by atoms with Crippen LogP contribution in [0, 0.1) is 12.7 Å². The first kappa shape index (κ1) is 13.5. The van der Waals surface area contributed by atoms with Gasteiger partial charge < -0.3 is 10.3 Å². The van der Waals surface area contributed by atoms with Gasteiger partial charge in [0.25, 0.3) is 0 Å². The summed E-state index contributed by atoms with van der Waals surface area (Å²) >= 11 is 0. The van der Waals surface area contributed by atoms with Gasteiger partial charge in [0.15, 0.2) is 0 Å². The lowest BCUT2D eigenvalue weighted by Gasteiger charge is -2.13. The molecule has 2 aromatic carbocycles. The third kappa shape index (κ3) is 1.89. The highest BCUT2D eigenvalue weighted by Crippen LogP contribution is 2.46. The number of fused-ring (bicyclic) bond motifs is 2. The average Bonchev–Trinajstić information content (AvgIpc) is 3.04. The molecule has 0 aliphatic heterocycles. The Hall–Kier alpha value is -2.13. The molecule has 0 bridgehead atoms. The first-order chi connectivity index (χ1) is 10.7. The van der Waals surface area contributed by atoms with Gasteiger partial charge in [0, 0.05) is 28.6 Å². The van der Waals surface area contributed by atoms with Crippen LogP contribution in [0.5, 0.6) is 0 Å². The minimum Gasteiger partial charge on any atom is -0.358 e. The van der Waals surface area contributed by atoms with Crippen molar-refractivity contribution >= 4 is 10.9 Å². The minimum atomic E-state index is -0.177. The highest BCUT2D eigenvalue weighted by molar-refractivity contribution is 5.86. The number of aromatic amines is 1. The normalized spacial score (nSPS) is 20.5. The smallest absolute Gasteiger partial charge is 0.123 e. The Morgan fingerprint density at radius 2 is 1.91 bits per heavy atom. The van der Waals surface area contributed by atoms with E-state index in [2.05, 4.69) is 41.5 Å². The van der Waals surface area contributed by atoms with Gasteiger partial charge in [0.05, 0.1) is 0 Å². The van der Waals surface area contributed by atoms with Crippen molar-refractivity contribution in [1.82, 2.24) is 10.3 Å². The monoisotopic (exact) mass is 294 g/mol. The number of halogens is 1. The maximum absolute atomic E-state index is 13.7. The second-order valence-electron chi connectivity index (χ2n) is 6.11. The molecule has 0 saturated heterocycles. The summed E-state index contributed by atoms with van der Waals surface area (Å²) in [5.41, 5.74) is 6.10. The Kier molecular flexibility index (Phi) is 3.05. The largest absolute Gasteiger partial charge is 0.358 e.